The van der Waals surface area contributed by atoms with E-state index in [1.807, 2.05) is 6.92 Å². The first-order valence-electron chi connectivity index (χ1n) is 5.84. The summed E-state index contributed by atoms with van der Waals surface area (Å²) < 4.78 is 13.7. The van der Waals surface area contributed by atoms with Gasteiger partial charge in [-0.25, -0.2) is 4.39 Å². The maximum atomic E-state index is 13.7. The summed E-state index contributed by atoms with van der Waals surface area (Å²) in [6.07, 6.45) is -0.435. The summed E-state index contributed by atoms with van der Waals surface area (Å²) in [5.74, 6) is -1.33. The van der Waals surface area contributed by atoms with E-state index in [-0.39, 0.29) is 6.42 Å². The number of alkyl halides is 1. The smallest absolute Gasteiger partial charge is 0.220 e. The van der Waals surface area contributed by atoms with Gasteiger partial charge in [0.25, 0.3) is 0 Å². The van der Waals surface area contributed by atoms with Crippen molar-refractivity contribution in [2.24, 2.45) is 0 Å². The highest BCUT2D eigenvalue weighted by atomic mass is 19.1. The van der Waals surface area contributed by atoms with E-state index in [2.05, 4.69) is 0 Å². The highest BCUT2D eigenvalue weighted by Crippen LogP contribution is 2.14. The molecule has 0 N–H and O–H groups in total. The quantitative estimate of drug-likeness (QED) is 0.561. The predicted molar refractivity (Wildman–Crippen MR) is 64.9 cm³/mol. The summed E-state index contributed by atoms with van der Waals surface area (Å²) in [5, 5.41) is 0. The van der Waals surface area contributed by atoms with E-state index in [4.69, 9.17) is 0 Å². The summed E-state index contributed by atoms with van der Waals surface area (Å²) in [7, 11) is 0. The van der Waals surface area contributed by atoms with Crippen molar-refractivity contribution in [1.82, 2.24) is 0 Å². The van der Waals surface area contributed by atoms with E-state index in [1.165, 1.54) is 0 Å². The Morgan fingerprint density at radius 3 is 2.53 bits per heavy atom. The molecule has 0 heterocycles. The van der Waals surface area contributed by atoms with E-state index in [1.54, 1.807) is 31.2 Å². The molecule has 0 aliphatic rings. The zero-order valence-corrected chi connectivity index (χ0v) is 10.2. The second-order valence-electron chi connectivity index (χ2n) is 4.11. The Morgan fingerprint density at radius 2 is 1.94 bits per heavy atom. The minimum absolute atomic E-state index is 0.134. The van der Waals surface area contributed by atoms with Gasteiger partial charge in [0.2, 0.25) is 12.0 Å². The molecule has 0 aliphatic heterocycles. The van der Waals surface area contributed by atoms with Crippen LogP contribution in [0.4, 0.5) is 4.39 Å². The highest BCUT2D eigenvalue weighted by Gasteiger charge is 2.26. The average Bonchev–Trinajstić information content (AvgIpc) is 2.34. The van der Waals surface area contributed by atoms with Crippen LogP contribution in [-0.4, -0.2) is 17.7 Å². The van der Waals surface area contributed by atoms with Crippen molar-refractivity contribution in [2.75, 3.05) is 0 Å². The van der Waals surface area contributed by atoms with Crippen LogP contribution < -0.4 is 0 Å². The number of hydrogen-bond acceptors (Lipinski definition) is 2. The number of benzene rings is 1. The van der Waals surface area contributed by atoms with Gasteiger partial charge >= 0.3 is 0 Å². The van der Waals surface area contributed by atoms with Crippen LogP contribution in [0, 0.1) is 6.92 Å². The van der Waals surface area contributed by atoms with Crippen molar-refractivity contribution >= 4 is 11.6 Å². The fourth-order valence-electron chi connectivity index (χ4n) is 1.61. The molecule has 0 saturated carbocycles. The molecular formula is C14H17FO2. The first-order chi connectivity index (χ1) is 8.07. The topological polar surface area (TPSA) is 34.1 Å². The van der Waals surface area contributed by atoms with Crippen LogP contribution in [0.2, 0.25) is 0 Å². The zero-order chi connectivity index (χ0) is 12.8. The van der Waals surface area contributed by atoms with Crippen molar-refractivity contribution in [1.29, 1.82) is 0 Å². The molecule has 0 amide bonds. The lowest BCUT2D eigenvalue weighted by molar-refractivity contribution is -0.122. The summed E-state index contributed by atoms with van der Waals surface area (Å²) >= 11 is 0. The standard InChI is InChI=1S/C14H17FO2/c1-3-4-9-12(16)13(15)14(17)11-8-6-5-7-10(11)2/h5-8,13H,3-4,9H2,1-2H3. The van der Waals surface area contributed by atoms with Crippen molar-refractivity contribution in [3.63, 3.8) is 0 Å². The lowest BCUT2D eigenvalue weighted by Gasteiger charge is -2.08. The van der Waals surface area contributed by atoms with E-state index in [0.29, 0.717) is 17.5 Å². The third kappa shape index (κ3) is 3.48. The Labute approximate surface area is 101 Å². The summed E-state index contributed by atoms with van der Waals surface area (Å²) in [6, 6.07) is 6.73. The molecule has 2 nitrogen and oxygen atoms in total. The van der Waals surface area contributed by atoms with Gasteiger partial charge < -0.3 is 0 Å². The Kier molecular flexibility index (Phi) is 5.01. The predicted octanol–water partition coefficient (Wildman–Crippen LogP) is 3.28. The van der Waals surface area contributed by atoms with Crippen LogP contribution in [0.5, 0.6) is 0 Å². The number of carbonyl (C=O) groups excluding carboxylic acids is 2. The number of Topliss-reactive ketones (excluding diaryl/α,β-unsaturated/α-hetero) is 2. The summed E-state index contributed by atoms with van der Waals surface area (Å²) in [5.41, 5.74) is 0.994. The van der Waals surface area contributed by atoms with Crippen molar-refractivity contribution < 1.29 is 14.0 Å². The van der Waals surface area contributed by atoms with Crippen LogP contribution in [0.15, 0.2) is 24.3 Å². The molecule has 17 heavy (non-hydrogen) atoms. The van der Waals surface area contributed by atoms with Gasteiger partial charge in [-0.1, -0.05) is 37.6 Å². The molecule has 0 saturated heterocycles. The molecule has 92 valence electrons. The van der Waals surface area contributed by atoms with Gasteiger partial charge in [0.1, 0.15) is 0 Å². The Morgan fingerprint density at radius 1 is 1.29 bits per heavy atom. The minimum atomic E-state index is -2.01. The molecule has 1 atom stereocenters. The number of ketones is 2. The van der Waals surface area contributed by atoms with E-state index >= 15 is 0 Å². The molecule has 3 heteroatoms. The number of halogens is 1. The molecule has 0 bridgehead atoms. The minimum Gasteiger partial charge on any atom is -0.296 e. The third-order valence-corrected chi connectivity index (χ3v) is 2.70. The fraction of sp³-hybridized carbons (Fsp3) is 0.429. The lowest BCUT2D eigenvalue weighted by atomic mass is 9.98. The van der Waals surface area contributed by atoms with Gasteiger partial charge in [0, 0.05) is 12.0 Å². The molecule has 0 fully saturated rings. The average molecular weight is 236 g/mol. The second kappa shape index (κ2) is 6.28. The largest absolute Gasteiger partial charge is 0.296 e. The van der Waals surface area contributed by atoms with Crippen LogP contribution >= 0.6 is 0 Å². The van der Waals surface area contributed by atoms with Gasteiger partial charge in [-0.05, 0) is 18.9 Å². The summed E-state index contributed by atoms with van der Waals surface area (Å²) in [6.45, 7) is 3.65. The van der Waals surface area contributed by atoms with Crippen molar-refractivity contribution in [2.45, 2.75) is 39.3 Å². The zero-order valence-electron chi connectivity index (χ0n) is 10.2. The van der Waals surface area contributed by atoms with Crippen molar-refractivity contribution in [3.8, 4) is 0 Å². The fourth-order valence-corrected chi connectivity index (χ4v) is 1.61. The maximum absolute atomic E-state index is 13.7. The van der Waals surface area contributed by atoms with Gasteiger partial charge in [-0.2, -0.15) is 0 Å². The van der Waals surface area contributed by atoms with Gasteiger partial charge in [-0.3, -0.25) is 9.59 Å². The number of hydrogen-bond donors (Lipinski definition) is 0. The maximum Gasteiger partial charge on any atom is 0.220 e. The van der Waals surface area contributed by atoms with Crippen LogP contribution in [0.3, 0.4) is 0 Å². The molecule has 0 spiro atoms. The lowest BCUT2D eigenvalue weighted by Crippen LogP contribution is -2.26. The van der Waals surface area contributed by atoms with Crippen LogP contribution in [0.25, 0.3) is 0 Å². The molecule has 0 aliphatic carbocycles. The van der Waals surface area contributed by atoms with Crippen LogP contribution in [0.1, 0.15) is 42.1 Å². The molecule has 1 aromatic carbocycles. The van der Waals surface area contributed by atoms with Gasteiger partial charge in [-0.15, -0.1) is 0 Å². The third-order valence-electron chi connectivity index (χ3n) is 2.70. The number of rotatable bonds is 6. The monoisotopic (exact) mass is 236 g/mol. The first kappa shape index (κ1) is 13.6. The normalized spacial score (nSPS) is 12.2. The highest BCUT2D eigenvalue weighted by molar-refractivity contribution is 6.13. The number of unbranched alkanes of at least 4 members (excludes halogenated alkanes) is 1. The Bertz CT molecular complexity index is 412. The molecule has 0 radical (unpaired) electrons. The second-order valence-corrected chi connectivity index (χ2v) is 4.11. The van der Waals surface area contributed by atoms with Gasteiger partial charge in [0.15, 0.2) is 5.78 Å². The van der Waals surface area contributed by atoms with E-state index in [0.717, 1.165) is 6.42 Å². The first-order valence-corrected chi connectivity index (χ1v) is 5.84. The van der Waals surface area contributed by atoms with Crippen molar-refractivity contribution in [3.05, 3.63) is 35.4 Å². The van der Waals surface area contributed by atoms with E-state index in [9.17, 15) is 14.0 Å². The molecule has 1 aromatic rings. The van der Waals surface area contributed by atoms with E-state index < -0.39 is 17.7 Å². The summed E-state index contributed by atoms with van der Waals surface area (Å²) in [4.78, 5) is 23.2. The Hall–Kier alpha value is -1.51. The number of aryl methyl sites for hydroxylation is 1. The molecule has 0 aromatic heterocycles. The molecular weight excluding hydrogens is 219 g/mol. The molecule has 1 unspecified atom stereocenters. The SMILES string of the molecule is CCCCC(=O)C(F)C(=O)c1ccccc1C. The number of carbonyl (C=O) groups is 2. The van der Waals surface area contributed by atoms with Crippen LogP contribution in [-0.2, 0) is 4.79 Å². The van der Waals surface area contributed by atoms with Gasteiger partial charge in [0.05, 0.1) is 0 Å². The Balaban J connectivity index is 2.77. The molecule has 1 rings (SSSR count).